The molecular formula is C15H28N4O. The van der Waals surface area contributed by atoms with Gasteiger partial charge >= 0.3 is 0 Å². The molecule has 1 atom stereocenters. The van der Waals surface area contributed by atoms with Gasteiger partial charge in [0.2, 0.25) is 5.91 Å². The average Bonchev–Trinajstić information content (AvgIpc) is 2.58. The summed E-state index contributed by atoms with van der Waals surface area (Å²) in [6.07, 6.45) is 0.843. The van der Waals surface area contributed by atoms with Crippen molar-refractivity contribution in [3.05, 3.63) is 17.0 Å². The molecule has 0 fully saturated rings. The van der Waals surface area contributed by atoms with Gasteiger partial charge in [0, 0.05) is 38.9 Å². The molecule has 1 unspecified atom stereocenters. The minimum Gasteiger partial charge on any atom is -0.347 e. The Bertz CT molecular complexity index is 463. The summed E-state index contributed by atoms with van der Waals surface area (Å²) in [4.78, 5) is 13.9. The third-order valence-electron chi connectivity index (χ3n) is 3.63. The molecule has 1 amide bonds. The van der Waals surface area contributed by atoms with Gasteiger partial charge in [-0.15, -0.1) is 0 Å². The Balaban J connectivity index is 2.78. The number of carbonyl (C=O) groups excluding carboxylic acids is 1. The molecule has 0 spiro atoms. The molecule has 0 aliphatic heterocycles. The van der Waals surface area contributed by atoms with Crippen molar-refractivity contribution in [3.8, 4) is 0 Å². The fourth-order valence-corrected chi connectivity index (χ4v) is 2.35. The standard InChI is InChI=1S/C15H28N4O/c1-10(2)8-14(15(20)18(5)6)16-9-13-11(3)17-19(7)12(13)4/h10,14,16H,8-9H2,1-7H3. The lowest BCUT2D eigenvalue weighted by Crippen LogP contribution is -2.44. The highest BCUT2D eigenvalue weighted by Crippen LogP contribution is 2.13. The van der Waals surface area contributed by atoms with Crippen molar-refractivity contribution in [3.63, 3.8) is 0 Å². The number of rotatable bonds is 6. The average molecular weight is 280 g/mol. The summed E-state index contributed by atoms with van der Waals surface area (Å²) in [5, 5.41) is 7.81. The highest BCUT2D eigenvalue weighted by atomic mass is 16.2. The fourth-order valence-electron chi connectivity index (χ4n) is 2.35. The summed E-state index contributed by atoms with van der Waals surface area (Å²) in [5.41, 5.74) is 3.36. The number of amides is 1. The van der Waals surface area contributed by atoms with Crippen molar-refractivity contribution >= 4 is 5.91 Å². The second-order valence-corrected chi connectivity index (χ2v) is 6.07. The molecule has 0 aromatic carbocycles. The van der Waals surface area contributed by atoms with E-state index in [2.05, 4.69) is 31.2 Å². The number of nitrogens with zero attached hydrogens (tertiary/aromatic N) is 3. The molecule has 1 rings (SSSR count). The molecule has 0 radical (unpaired) electrons. The number of aryl methyl sites for hydroxylation is 2. The van der Waals surface area contributed by atoms with Crippen LogP contribution in [0.1, 0.15) is 37.2 Å². The quantitative estimate of drug-likeness (QED) is 0.861. The summed E-state index contributed by atoms with van der Waals surface area (Å²) in [6, 6.07) is -0.135. The van der Waals surface area contributed by atoms with Gasteiger partial charge in [0.05, 0.1) is 11.7 Å². The van der Waals surface area contributed by atoms with E-state index in [-0.39, 0.29) is 11.9 Å². The largest absolute Gasteiger partial charge is 0.347 e. The van der Waals surface area contributed by atoms with Gasteiger partial charge in [0.25, 0.3) is 0 Å². The maximum atomic E-state index is 12.2. The van der Waals surface area contributed by atoms with Crippen LogP contribution in [0.25, 0.3) is 0 Å². The minimum absolute atomic E-state index is 0.135. The van der Waals surface area contributed by atoms with E-state index in [1.54, 1.807) is 19.0 Å². The molecule has 0 aliphatic carbocycles. The first-order valence-corrected chi connectivity index (χ1v) is 7.17. The minimum atomic E-state index is -0.135. The van der Waals surface area contributed by atoms with Gasteiger partial charge in [-0.1, -0.05) is 13.8 Å². The summed E-state index contributed by atoms with van der Waals surface area (Å²) in [7, 11) is 5.55. The molecular weight excluding hydrogens is 252 g/mol. The van der Waals surface area contributed by atoms with E-state index in [0.717, 1.165) is 17.8 Å². The number of aromatic nitrogens is 2. The zero-order valence-electron chi connectivity index (χ0n) is 13.8. The van der Waals surface area contributed by atoms with Crippen molar-refractivity contribution in [2.24, 2.45) is 13.0 Å². The van der Waals surface area contributed by atoms with Gasteiger partial charge in [-0.05, 0) is 26.2 Å². The normalized spacial score (nSPS) is 12.8. The maximum absolute atomic E-state index is 12.2. The molecule has 5 heteroatoms. The smallest absolute Gasteiger partial charge is 0.239 e. The molecule has 1 heterocycles. The molecule has 0 saturated heterocycles. The Morgan fingerprint density at radius 2 is 1.95 bits per heavy atom. The van der Waals surface area contributed by atoms with E-state index in [4.69, 9.17) is 0 Å². The Morgan fingerprint density at radius 1 is 1.35 bits per heavy atom. The first-order chi connectivity index (χ1) is 9.23. The van der Waals surface area contributed by atoms with E-state index in [9.17, 15) is 4.79 Å². The Kier molecular flexibility index (Phi) is 5.74. The van der Waals surface area contributed by atoms with Gasteiger partial charge in [0.1, 0.15) is 0 Å². The lowest BCUT2D eigenvalue weighted by atomic mass is 10.0. The Hall–Kier alpha value is -1.36. The fraction of sp³-hybridized carbons (Fsp3) is 0.733. The first kappa shape index (κ1) is 16.7. The van der Waals surface area contributed by atoms with Gasteiger partial charge < -0.3 is 10.2 Å². The molecule has 1 aromatic heterocycles. The molecule has 5 nitrogen and oxygen atoms in total. The lowest BCUT2D eigenvalue weighted by molar-refractivity contribution is -0.131. The maximum Gasteiger partial charge on any atom is 0.239 e. The van der Waals surface area contributed by atoms with Crippen LogP contribution in [0.3, 0.4) is 0 Å². The third kappa shape index (κ3) is 4.07. The van der Waals surface area contributed by atoms with E-state index < -0.39 is 0 Å². The van der Waals surface area contributed by atoms with Crippen LogP contribution in [0.4, 0.5) is 0 Å². The first-order valence-electron chi connectivity index (χ1n) is 7.17. The van der Waals surface area contributed by atoms with Crippen LogP contribution >= 0.6 is 0 Å². The van der Waals surface area contributed by atoms with E-state index in [1.807, 2.05) is 18.7 Å². The van der Waals surface area contributed by atoms with E-state index >= 15 is 0 Å². The Morgan fingerprint density at radius 3 is 2.35 bits per heavy atom. The summed E-state index contributed by atoms with van der Waals surface area (Å²) in [6.45, 7) is 9.02. The monoisotopic (exact) mass is 280 g/mol. The highest BCUT2D eigenvalue weighted by Gasteiger charge is 2.21. The molecule has 0 aliphatic rings. The lowest BCUT2D eigenvalue weighted by Gasteiger charge is -2.23. The molecule has 0 saturated carbocycles. The second-order valence-electron chi connectivity index (χ2n) is 6.07. The van der Waals surface area contributed by atoms with Gasteiger partial charge in [0.15, 0.2) is 0 Å². The Labute approximate surface area is 122 Å². The van der Waals surface area contributed by atoms with Crippen LogP contribution in [0.15, 0.2) is 0 Å². The van der Waals surface area contributed by atoms with Gasteiger partial charge in [-0.2, -0.15) is 5.10 Å². The van der Waals surface area contributed by atoms with Crippen molar-refractivity contribution in [2.45, 2.75) is 46.7 Å². The summed E-state index contributed by atoms with van der Waals surface area (Å²) < 4.78 is 1.89. The van der Waals surface area contributed by atoms with Crippen molar-refractivity contribution in [1.82, 2.24) is 20.0 Å². The van der Waals surface area contributed by atoms with Crippen LogP contribution in [-0.4, -0.2) is 40.7 Å². The number of carbonyl (C=O) groups is 1. The number of nitrogens with one attached hydrogen (secondary N) is 1. The molecule has 0 bridgehead atoms. The summed E-state index contributed by atoms with van der Waals surface area (Å²) >= 11 is 0. The molecule has 1 N–H and O–H groups in total. The zero-order chi connectivity index (χ0) is 15.4. The van der Waals surface area contributed by atoms with E-state index in [0.29, 0.717) is 12.5 Å². The topological polar surface area (TPSA) is 50.2 Å². The molecule has 1 aromatic rings. The number of hydrogen-bond acceptors (Lipinski definition) is 3. The van der Waals surface area contributed by atoms with Crippen LogP contribution in [0, 0.1) is 19.8 Å². The predicted octanol–water partition coefficient (Wildman–Crippen LogP) is 1.63. The van der Waals surface area contributed by atoms with Gasteiger partial charge in [-0.3, -0.25) is 9.48 Å². The third-order valence-corrected chi connectivity index (χ3v) is 3.63. The van der Waals surface area contributed by atoms with Crippen LogP contribution in [0.5, 0.6) is 0 Å². The summed E-state index contributed by atoms with van der Waals surface area (Å²) in [5.74, 6) is 0.616. The van der Waals surface area contributed by atoms with Crippen LogP contribution in [0.2, 0.25) is 0 Å². The van der Waals surface area contributed by atoms with Crippen molar-refractivity contribution in [1.29, 1.82) is 0 Å². The van der Waals surface area contributed by atoms with Crippen molar-refractivity contribution in [2.75, 3.05) is 14.1 Å². The molecule has 20 heavy (non-hydrogen) atoms. The van der Waals surface area contributed by atoms with E-state index in [1.165, 1.54) is 5.56 Å². The number of hydrogen-bond donors (Lipinski definition) is 1. The van der Waals surface area contributed by atoms with Crippen LogP contribution in [-0.2, 0) is 18.4 Å². The molecule has 114 valence electrons. The predicted molar refractivity (Wildman–Crippen MR) is 81.5 cm³/mol. The van der Waals surface area contributed by atoms with Gasteiger partial charge in [-0.25, -0.2) is 0 Å². The van der Waals surface area contributed by atoms with Crippen molar-refractivity contribution < 1.29 is 4.79 Å². The zero-order valence-corrected chi connectivity index (χ0v) is 13.8. The SMILES string of the molecule is Cc1nn(C)c(C)c1CNC(CC(C)C)C(=O)N(C)C. The number of likely N-dealkylation sites (N-methyl/N-ethyl adjacent to an activating group) is 1. The van der Waals surface area contributed by atoms with Crippen LogP contribution < -0.4 is 5.32 Å². The highest BCUT2D eigenvalue weighted by molar-refractivity contribution is 5.81. The second kappa shape index (κ2) is 6.88.